The molecule has 2 heterocycles. The molecule has 3 aromatic rings. The fraction of sp³-hybridized carbons (Fsp3) is 0.318. The van der Waals surface area contributed by atoms with Gasteiger partial charge >= 0.3 is 0 Å². The van der Waals surface area contributed by atoms with Crippen LogP contribution in [0.3, 0.4) is 0 Å². The molecule has 9 nitrogen and oxygen atoms in total. The van der Waals surface area contributed by atoms with Crippen molar-refractivity contribution in [1.82, 2.24) is 31.1 Å². The molecular weight excluding hydrogens is 521 g/mol. The first kappa shape index (κ1) is 25.2. The molecule has 3 N–H and O–H groups in total. The van der Waals surface area contributed by atoms with Gasteiger partial charge in [-0.25, -0.2) is 0 Å². The molecule has 0 atom stereocenters. The third-order valence-corrected chi connectivity index (χ3v) is 4.42. The smallest absolute Gasteiger partial charge is 0.276 e. The number of aromatic nitrogens is 3. The summed E-state index contributed by atoms with van der Waals surface area (Å²) in [6.07, 6.45) is 3.02. The standard InChI is InChI=1S/C22H27N7O2.HI/c1-3-24-22(26-13-10-16-7-6-8-17(15-16)20(30)23-2)27-14-11-19-28-21(31-29-19)18-9-4-5-12-25-18;/h4-9,12,15H,3,10-11,13-14H2,1-2H3,(H,23,30)(H2,24,26,27);1H. The van der Waals surface area contributed by atoms with Crippen LogP contribution in [0.1, 0.15) is 28.7 Å². The van der Waals surface area contributed by atoms with Gasteiger partial charge in [0.15, 0.2) is 11.8 Å². The Morgan fingerprint density at radius 2 is 2.00 bits per heavy atom. The molecule has 0 saturated carbocycles. The summed E-state index contributed by atoms with van der Waals surface area (Å²) in [5.41, 5.74) is 2.39. The van der Waals surface area contributed by atoms with E-state index in [2.05, 4.69) is 36.1 Å². The van der Waals surface area contributed by atoms with Crippen LogP contribution < -0.4 is 16.0 Å². The Kier molecular flexibility index (Phi) is 10.6. The average molecular weight is 549 g/mol. The summed E-state index contributed by atoms with van der Waals surface area (Å²) in [6.45, 7) is 3.98. The van der Waals surface area contributed by atoms with Crippen LogP contribution in [0.4, 0.5) is 0 Å². The summed E-state index contributed by atoms with van der Waals surface area (Å²) in [7, 11) is 1.63. The molecule has 0 fully saturated rings. The maximum Gasteiger partial charge on any atom is 0.276 e. The first-order valence-electron chi connectivity index (χ1n) is 10.3. The number of nitrogens with zero attached hydrogens (tertiary/aromatic N) is 4. The Hall–Kier alpha value is -3.02. The van der Waals surface area contributed by atoms with E-state index in [-0.39, 0.29) is 29.9 Å². The first-order valence-corrected chi connectivity index (χ1v) is 10.3. The summed E-state index contributed by atoms with van der Waals surface area (Å²) in [6, 6.07) is 13.1. The first-order chi connectivity index (χ1) is 15.2. The van der Waals surface area contributed by atoms with E-state index in [1.54, 1.807) is 19.3 Å². The Bertz CT molecular complexity index is 1010. The molecular formula is C22H28IN7O2. The van der Waals surface area contributed by atoms with Gasteiger partial charge in [-0.2, -0.15) is 4.98 Å². The Morgan fingerprint density at radius 3 is 2.75 bits per heavy atom. The Morgan fingerprint density at radius 1 is 1.12 bits per heavy atom. The van der Waals surface area contributed by atoms with E-state index in [1.807, 2.05) is 43.3 Å². The van der Waals surface area contributed by atoms with Crippen LogP contribution in [0.25, 0.3) is 11.6 Å². The third kappa shape index (κ3) is 7.59. The Balaban J connectivity index is 0.00000363. The second-order valence-electron chi connectivity index (χ2n) is 6.70. The SMILES string of the molecule is CCNC(=NCCc1noc(-c2ccccn2)n1)NCCc1cccc(C(=O)NC)c1.I. The quantitative estimate of drug-likeness (QED) is 0.213. The largest absolute Gasteiger partial charge is 0.357 e. The number of aliphatic imine (C=N–C) groups is 1. The molecule has 2 aromatic heterocycles. The lowest BCUT2D eigenvalue weighted by Gasteiger charge is -2.11. The van der Waals surface area contributed by atoms with E-state index in [9.17, 15) is 4.79 Å². The van der Waals surface area contributed by atoms with Gasteiger partial charge in [-0.05, 0) is 43.2 Å². The van der Waals surface area contributed by atoms with Crippen molar-refractivity contribution in [2.75, 3.05) is 26.7 Å². The van der Waals surface area contributed by atoms with Gasteiger partial charge in [0.2, 0.25) is 0 Å². The normalized spacial score (nSPS) is 10.9. The zero-order chi connectivity index (χ0) is 21.9. The van der Waals surface area contributed by atoms with E-state index in [0.29, 0.717) is 42.5 Å². The highest BCUT2D eigenvalue weighted by molar-refractivity contribution is 14.0. The number of pyridine rings is 1. The molecule has 0 unspecified atom stereocenters. The van der Waals surface area contributed by atoms with Gasteiger partial charge in [0, 0.05) is 44.9 Å². The van der Waals surface area contributed by atoms with Crippen LogP contribution in [0, 0.1) is 0 Å². The van der Waals surface area contributed by atoms with Gasteiger partial charge in [0.05, 0.1) is 0 Å². The molecule has 1 aromatic carbocycles. The molecule has 32 heavy (non-hydrogen) atoms. The fourth-order valence-corrected chi connectivity index (χ4v) is 2.90. The Labute approximate surface area is 204 Å². The van der Waals surface area contributed by atoms with Crippen LogP contribution in [-0.2, 0) is 12.8 Å². The summed E-state index contributed by atoms with van der Waals surface area (Å²) < 4.78 is 5.27. The maximum atomic E-state index is 11.8. The summed E-state index contributed by atoms with van der Waals surface area (Å²) >= 11 is 0. The number of halogens is 1. The van der Waals surface area contributed by atoms with E-state index in [4.69, 9.17) is 4.52 Å². The van der Waals surface area contributed by atoms with Crippen molar-refractivity contribution in [3.63, 3.8) is 0 Å². The minimum absolute atomic E-state index is 0. The molecule has 0 aliphatic heterocycles. The minimum Gasteiger partial charge on any atom is -0.357 e. The number of hydrogen-bond acceptors (Lipinski definition) is 6. The van der Waals surface area contributed by atoms with E-state index in [0.717, 1.165) is 24.5 Å². The van der Waals surface area contributed by atoms with Gasteiger partial charge in [0.1, 0.15) is 5.69 Å². The maximum absolute atomic E-state index is 11.8. The third-order valence-electron chi connectivity index (χ3n) is 4.42. The zero-order valence-electron chi connectivity index (χ0n) is 18.2. The molecule has 0 aliphatic rings. The van der Waals surface area contributed by atoms with Crippen LogP contribution >= 0.6 is 24.0 Å². The number of guanidine groups is 1. The molecule has 170 valence electrons. The number of rotatable bonds is 9. The number of benzene rings is 1. The van der Waals surface area contributed by atoms with Crippen molar-refractivity contribution >= 4 is 35.8 Å². The summed E-state index contributed by atoms with van der Waals surface area (Å²) in [4.78, 5) is 24.9. The lowest BCUT2D eigenvalue weighted by molar-refractivity contribution is 0.0963. The van der Waals surface area contributed by atoms with Crippen LogP contribution in [-0.4, -0.2) is 53.7 Å². The molecule has 1 amide bonds. The average Bonchev–Trinajstić information content (AvgIpc) is 3.28. The monoisotopic (exact) mass is 549 g/mol. The number of nitrogens with one attached hydrogen (secondary N) is 3. The van der Waals surface area contributed by atoms with Crippen molar-refractivity contribution < 1.29 is 9.32 Å². The predicted octanol–water partition coefficient (Wildman–Crippen LogP) is 2.45. The minimum atomic E-state index is -0.0858. The van der Waals surface area contributed by atoms with Crippen molar-refractivity contribution in [1.29, 1.82) is 0 Å². The molecule has 0 radical (unpaired) electrons. The number of carbonyl (C=O) groups excluding carboxylic acids is 1. The highest BCUT2D eigenvalue weighted by atomic mass is 127. The number of hydrogen-bond donors (Lipinski definition) is 3. The van der Waals surface area contributed by atoms with Gasteiger partial charge in [-0.3, -0.25) is 14.8 Å². The second kappa shape index (κ2) is 13.4. The van der Waals surface area contributed by atoms with Crippen molar-refractivity contribution in [2.24, 2.45) is 4.99 Å². The van der Waals surface area contributed by atoms with Gasteiger partial charge in [0.25, 0.3) is 11.8 Å². The molecule has 0 saturated heterocycles. The zero-order valence-corrected chi connectivity index (χ0v) is 20.5. The molecule has 0 aliphatic carbocycles. The van der Waals surface area contributed by atoms with Crippen LogP contribution in [0.15, 0.2) is 58.2 Å². The van der Waals surface area contributed by atoms with Crippen molar-refractivity contribution in [3.8, 4) is 11.6 Å². The van der Waals surface area contributed by atoms with E-state index >= 15 is 0 Å². The van der Waals surface area contributed by atoms with Crippen molar-refractivity contribution in [3.05, 3.63) is 65.6 Å². The second-order valence-corrected chi connectivity index (χ2v) is 6.70. The number of carbonyl (C=O) groups is 1. The highest BCUT2D eigenvalue weighted by Crippen LogP contribution is 2.13. The van der Waals surface area contributed by atoms with E-state index in [1.165, 1.54) is 0 Å². The molecule has 0 bridgehead atoms. The van der Waals surface area contributed by atoms with Gasteiger partial charge < -0.3 is 20.5 Å². The molecule has 0 spiro atoms. The van der Waals surface area contributed by atoms with E-state index < -0.39 is 0 Å². The predicted molar refractivity (Wildman–Crippen MR) is 134 cm³/mol. The molecule has 3 rings (SSSR count). The lowest BCUT2D eigenvalue weighted by Crippen LogP contribution is -2.38. The molecule has 10 heteroatoms. The topological polar surface area (TPSA) is 117 Å². The number of amides is 1. The summed E-state index contributed by atoms with van der Waals surface area (Å²) in [5.74, 6) is 1.63. The lowest BCUT2D eigenvalue weighted by atomic mass is 10.1. The fourth-order valence-electron chi connectivity index (χ4n) is 2.90. The summed E-state index contributed by atoms with van der Waals surface area (Å²) in [5, 5.41) is 13.2. The van der Waals surface area contributed by atoms with Crippen LogP contribution in [0.5, 0.6) is 0 Å². The van der Waals surface area contributed by atoms with Gasteiger partial charge in [-0.1, -0.05) is 23.4 Å². The van der Waals surface area contributed by atoms with Crippen LogP contribution in [0.2, 0.25) is 0 Å². The van der Waals surface area contributed by atoms with Gasteiger partial charge in [-0.15, -0.1) is 24.0 Å². The van der Waals surface area contributed by atoms with Crippen molar-refractivity contribution in [2.45, 2.75) is 19.8 Å². The highest BCUT2D eigenvalue weighted by Gasteiger charge is 2.09.